The quantitative estimate of drug-likeness (QED) is 0.520. The van der Waals surface area contributed by atoms with Crippen LogP contribution in [0.5, 0.6) is 0 Å². The molecular weight excluding hydrogens is 274 g/mol. The van der Waals surface area contributed by atoms with Crippen molar-refractivity contribution in [2.75, 3.05) is 0 Å². The summed E-state index contributed by atoms with van der Waals surface area (Å²) in [6.07, 6.45) is 4.28. The van der Waals surface area contributed by atoms with Gasteiger partial charge in [0.15, 0.2) is 0 Å². The SMILES string of the molecule is O=[N+]([O-])c1ccc(-c2nc(=S)c3c([nH]2)CCCC3)cc1. The highest BCUT2D eigenvalue weighted by Crippen LogP contribution is 2.24. The summed E-state index contributed by atoms with van der Waals surface area (Å²) in [6, 6.07) is 6.35. The van der Waals surface area contributed by atoms with Gasteiger partial charge >= 0.3 is 0 Å². The third-order valence-corrected chi connectivity index (χ3v) is 3.90. The smallest absolute Gasteiger partial charge is 0.269 e. The number of aromatic nitrogens is 2. The van der Waals surface area contributed by atoms with E-state index in [4.69, 9.17) is 12.2 Å². The van der Waals surface area contributed by atoms with Gasteiger partial charge in [-0.15, -0.1) is 0 Å². The number of fused-ring (bicyclic) bond motifs is 1. The fraction of sp³-hybridized carbons (Fsp3) is 0.286. The third-order valence-electron chi connectivity index (χ3n) is 3.56. The molecule has 1 aliphatic carbocycles. The molecule has 5 nitrogen and oxygen atoms in total. The number of aromatic amines is 1. The lowest BCUT2D eigenvalue weighted by Crippen LogP contribution is -2.08. The number of nitrogens with zero attached hydrogens (tertiary/aromatic N) is 2. The Balaban J connectivity index is 2.04. The predicted octanol–water partition coefficient (Wildman–Crippen LogP) is 3.59. The van der Waals surface area contributed by atoms with Crippen molar-refractivity contribution in [3.8, 4) is 11.4 Å². The minimum absolute atomic E-state index is 0.0744. The summed E-state index contributed by atoms with van der Waals surface area (Å²) in [6.45, 7) is 0. The number of hydrogen-bond donors (Lipinski definition) is 1. The van der Waals surface area contributed by atoms with E-state index in [1.54, 1.807) is 12.1 Å². The van der Waals surface area contributed by atoms with Gasteiger partial charge in [0.05, 0.1) is 4.92 Å². The van der Waals surface area contributed by atoms with Gasteiger partial charge in [0.1, 0.15) is 10.5 Å². The molecule has 0 atom stereocenters. The predicted molar refractivity (Wildman–Crippen MR) is 78.2 cm³/mol. The molecular formula is C14H13N3O2S. The molecule has 1 aromatic heterocycles. The van der Waals surface area contributed by atoms with Crippen LogP contribution < -0.4 is 0 Å². The topological polar surface area (TPSA) is 71.8 Å². The van der Waals surface area contributed by atoms with E-state index in [-0.39, 0.29) is 5.69 Å². The molecule has 0 radical (unpaired) electrons. The van der Waals surface area contributed by atoms with Crippen LogP contribution in [0.15, 0.2) is 24.3 Å². The maximum atomic E-state index is 10.7. The molecule has 0 spiro atoms. The van der Waals surface area contributed by atoms with Gasteiger partial charge in [0.2, 0.25) is 0 Å². The van der Waals surface area contributed by atoms with Crippen molar-refractivity contribution in [1.82, 2.24) is 9.97 Å². The summed E-state index contributed by atoms with van der Waals surface area (Å²) < 4.78 is 0.645. The Labute approximate surface area is 120 Å². The molecule has 1 heterocycles. The first-order valence-corrected chi connectivity index (χ1v) is 6.93. The number of nitro benzene ring substituents is 1. The molecule has 1 N–H and O–H groups in total. The molecule has 1 aliphatic rings. The fourth-order valence-electron chi connectivity index (χ4n) is 2.50. The molecule has 3 rings (SSSR count). The van der Waals surface area contributed by atoms with Crippen LogP contribution in [-0.2, 0) is 12.8 Å². The van der Waals surface area contributed by atoms with Crippen LogP contribution in [-0.4, -0.2) is 14.9 Å². The van der Waals surface area contributed by atoms with Crippen LogP contribution in [0.3, 0.4) is 0 Å². The van der Waals surface area contributed by atoms with Gasteiger partial charge in [0.25, 0.3) is 5.69 Å². The van der Waals surface area contributed by atoms with Gasteiger partial charge in [-0.1, -0.05) is 12.2 Å². The van der Waals surface area contributed by atoms with Gasteiger partial charge in [-0.3, -0.25) is 10.1 Å². The Kier molecular flexibility index (Phi) is 3.31. The summed E-state index contributed by atoms with van der Waals surface area (Å²) in [5.74, 6) is 0.686. The Hall–Kier alpha value is -2.08. The minimum atomic E-state index is -0.410. The van der Waals surface area contributed by atoms with Crippen LogP contribution in [0.1, 0.15) is 24.1 Å². The van der Waals surface area contributed by atoms with E-state index < -0.39 is 4.92 Å². The van der Waals surface area contributed by atoms with Gasteiger partial charge in [-0.05, 0) is 37.8 Å². The van der Waals surface area contributed by atoms with E-state index in [1.165, 1.54) is 12.1 Å². The molecule has 0 saturated carbocycles. The van der Waals surface area contributed by atoms with Crippen molar-refractivity contribution in [2.24, 2.45) is 0 Å². The van der Waals surface area contributed by atoms with E-state index in [0.717, 1.165) is 42.5 Å². The number of rotatable bonds is 2. The lowest BCUT2D eigenvalue weighted by molar-refractivity contribution is -0.384. The number of H-pyrrole nitrogens is 1. The zero-order chi connectivity index (χ0) is 14.1. The van der Waals surface area contributed by atoms with Gasteiger partial charge < -0.3 is 4.98 Å². The molecule has 0 amide bonds. The van der Waals surface area contributed by atoms with Crippen molar-refractivity contribution in [2.45, 2.75) is 25.7 Å². The van der Waals surface area contributed by atoms with Crippen LogP contribution in [0.2, 0.25) is 0 Å². The molecule has 0 fully saturated rings. The molecule has 0 saturated heterocycles. The van der Waals surface area contributed by atoms with Crippen molar-refractivity contribution in [1.29, 1.82) is 0 Å². The molecule has 2 aromatic rings. The standard InChI is InChI=1S/C14H13N3O2S/c18-17(19)10-7-5-9(6-8-10)13-15-12-4-2-1-3-11(12)14(20)16-13/h5-8H,1-4H2,(H,15,16,20). The van der Waals surface area contributed by atoms with E-state index in [0.29, 0.717) is 10.5 Å². The zero-order valence-electron chi connectivity index (χ0n) is 10.8. The molecule has 0 aliphatic heterocycles. The Morgan fingerprint density at radius 2 is 1.90 bits per heavy atom. The van der Waals surface area contributed by atoms with Crippen LogP contribution in [0.25, 0.3) is 11.4 Å². The summed E-state index contributed by atoms with van der Waals surface area (Å²) in [4.78, 5) is 18.0. The van der Waals surface area contributed by atoms with Crippen LogP contribution in [0, 0.1) is 14.8 Å². The zero-order valence-corrected chi connectivity index (χ0v) is 11.6. The van der Waals surface area contributed by atoms with Gasteiger partial charge in [-0.25, -0.2) is 4.98 Å². The van der Waals surface area contributed by atoms with Crippen LogP contribution in [0.4, 0.5) is 5.69 Å². The highest BCUT2D eigenvalue weighted by molar-refractivity contribution is 7.71. The van der Waals surface area contributed by atoms with E-state index in [1.807, 2.05) is 0 Å². The van der Waals surface area contributed by atoms with E-state index >= 15 is 0 Å². The maximum Gasteiger partial charge on any atom is 0.269 e. The lowest BCUT2D eigenvalue weighted by Gasteiger charge is -2.16. The molecule has 1 aromatic carbocycles. The number of non-ortho nitro benzene ring substituents is 1. The fourth-order valence-corrected chi connectivity index (χ4v) is 2.81. The molecule has 0 bridgehead atoms. The van der Waals surface area contributed by atoms with Crippen molar-refractivity contribution >= 4 is 17.9 Å². The monoisotopic (exact) mass is 287 g/mol. The van der Waals surface area contributed by atoms with Crippen molar-refractivity contribution < 1.29 is 4.92 Å². The molecule has 0 unspecified atom stereocenters. The van der Waals surface area contributed by atoms with E-state index in [2.05, 4.69) is 9.97 Å². The summed E-state index contributed by atoms with van der Waals surface area (Å²) in [5, 5.41) is 10.7. The lowest BCUT2D eigenvalue weighted by atomic mass is 9.97. The Morgan fingerprint density at radius 1 is 1.20 bits per heavy atom. The average molecular weight is 287 g/mol. The summed E-state index contributed by atoms with van der Waals surface area (Å²) in [5.41, 5.74) is 3.20. The second kappa shape index (κ2) is 5.13. The highest BCUT2D eigenvalue weighted by atomic mass is 32.1. The Bertz CT molecular complexity index is 722. The first-order valence-electron chi connectivity index (χ1n) is 6.52. The first-order chi connectivity index (χ1) is 9.65. The number of benzene rings is 1. The maximum absolute atomic E-state index is 10.7. The second-order valence-corrected chi connectivity index (χ2v) is 5.25. The minimum Gasteiger partial charge on any atom is -0.343 e. The number of hydrogen-bond acceptors (Lipinski definition) is 4. The highest BCUT2D eigenvalue weighted by Gasteiger charge is 2.14. The molecule has 102 valence electrons. The third kappa shape index (κ3) is 2.34. The van der Waals surface area contributed by atoms with Gasteiger partial charge in [0, 0.05) is 29.0 Å². The second-order valence-electron chi connectivity index (χ2n) is 4.86. The van der Waals surface area contributed by atoms with Crippen molar-refractivity contribution in [3.05, 3.63) is 50.3 Å². The normalized spacial score (nSPS) is 13.8. The van der Waals surface area contributed by atoms with Gasteiger partial charge in [-0.2, -0.15) is 0 Å². The van der Waals surface area contributed by atoms with Crippen LogP contribution >= 0.6 is 12.2 Å². The van der Waals surface area contributed by atoms with Crippen molar-refractivity contribution in [3.63, 3.8) is 0 Å². The summed E-state index contributed by atoms with van der Waals surface area (Å²) >= 11 is 5.35. The molecule has 6 heteroatoms. The number of nitro groups is 1. The average Bonchev–Trinajstić information content (AvgIpc) is 2.47. The molecule has 20 heavy (non-hydrogen) atoms. The summed E-state index contributed by atoms with van der Waals surface area (Å²) in [7, 11) is 0. The number of aryl methyl sites for hydroxylation is 1. The Morgan fingerprint density at radius 3 is 2.60 bits per heavy atom. The van der Waals surface area contributed by atoms with E-state index in [9.17, 15) is 10.1 Å². The largest absolute Gasteiger partial charge is 0.343 e. The number of nitrogens with one attached hydrogen (secondary N) is 1. The first kappa shape index (κ1) is 12.9.